The van der Waals surface area contributed by atoms with Crippen LogP contribution in [-0.4, -0.2) is 36.1 Å². The molecule has 1 heterocycles. The smallest absolute Gasteiger partial charge is 0.0346 e. The van der Waals surface area contributed by atoms with Crippen molar-refractivity contribution in [3.8, 4) is 0 Å². The first-order valence-corrected chi connectivity index (χ1v) is 7.41. The van der Waals surface area contributed by atoms with Gasteiger partial charge in [0.25, 0.3) is 0 Å². The molecule has 1 aromatic carbocycles. The first-order chi connectivity index (χ1) is 9.68. The van der Waals surface area contributed by atoms with E-state index in [1.54, 1.807) is 0 Å². The molecule has 1 aromatic heterocycles. The quantitative estimate of drug-likeness (QED) is 0.785. The summed E-state index contributed by atoms with van der Waals surface area (Å²) in [4.78, 5) is 6.55. The summed E-state index contributed by atoms with van der Waals surface area (Å²) in [5, 5.41) is 6.06. The number of fused-ring (bicyclic) bond motifs is 1. The largest absolute Gasteiger partial charge is 0.313 e. The van der Waals surface area contributed by atoms with E-state index in [2.05, 4.69) is 60.4 Å². The number of aromatic nitrogens is 1. The lowest BCUT2D eigenvalue weighted by Crippen LogP contribution is -2.29. The van der Waals surface area contributed by atoms with Crippen LogP contribution in [-0.2, 0) is 6.54 Å². The lowest BCUT2D eigenvalue weighted by molar-refractivity contribution is 0.269. The van der Waals surface area contributed by atoms with Gasteiger partial charge in [0.2, 0.25) is 0 Å². The third kappa shape index (κ3) is 4.02. The van der Waals surface area contributed by atoms with Gasteiger partial charge in [0.1, 0.15) is 0 Å². The predicted molar refractivity (Wildman–Crippen MR) is 85.8 cm³/mol. The molecule has 0 unspecified atom stereocenters. The molecular weight excluding hydrogens is 246 g/mol. The maximum Gasteiger partial charge on any atom is 0.0346 e. The van der Waals surface area contributed by atoms with Crippen molar-refractivity contribution in [2.24, 2.45) is 0 Å². The van der Waals surface area contributed by atoms with Crippen LogP contribution in [0.2, 0.25) is 0 Å². The summed E-state index contributed by atoms with van der Waals surface area (Å²) in [6.07, 6.45) is 4.97. The Bertz CT molecular complexity index is 531. The van der Waals surface area contributed by atoms with Gasteiger partial charge in [0, 0.05) is 30.4 Å². The van der Waals surface area contributed by atoms with Crippen LogP contribution in [0.3, 0.4) is 0 Å². The van der Waals surface area contributed by atoms with Gasteiger partial charge in [-0.05, 0) is 57.4 Å². The molecule has 108 valence electrons. The van der Waals surface area contributed by atoms with Crippen LogP contribution in [0.1, 0.15) is 25.8 Å². The van der Waals surface area contributed by atoms with Gasteiger partial charge in [-0.15, -0.1) is 0 Å². The molecule has 0 spiro atoms. The Morgan fingerprint density at radius 2 is 2.10 bits per heavy atom. The summed E-state index contributed by atoms with van der Waals surface area (Å²) in [6, 6.07) is 9.13. The molecule has 0 radical (unpaired) electrons. The monoisotopic (exact) mass is 271 g/mol. The van der Waals surface area contributed by atoms with Crippen LogP contribution >= 0.6 is 0 Å². The second-order valence-corrected chi connectivity index (χ2v) is 5.62. The number of rotatable bonds is 7. The highest BCUT2D eigenvalue weighted by Crippen LogP contribution is 2.16. The van der Waals surface area contributed by atoms with Crippen LogP contribution in [0.15, 0.2) is 36.7 Å². The Labute approximate surface area is 122 Å². The molecule has 0 fully saturated rings. The Balaban J connectivity index is 1.82. The fourth-order valence-corrected chi connectivity index (χ4v) is 2.28. The SMILES string of the molecule is CC(C)N(C)CCCNCc1cccc2cnccc12. The molecule has 1 N–H and O–H groups in total. The van der Waals surface area contributed by atoms with Gasteiger partial charge in [0.05, 0.1) is 0 Å². The standard InChI is InChI=1S/C17H25N3/c1-14(2)20(3)11-5-9-18-12-15-6-4-7-16-13-19-10-8-17(15)16/h4,6-8,10,13-14,18H,5,9,11-12H2,1-3H3. The molecule has 0 bridgehead atoms. The van der Waals surface area contributed by atoms with Crippen molar-refractivity contribution in [3.05, 3.63) is 42.2 Å². The Morgan fingerprint density at radius 3 is 2.90 bits per heavy atom. The van der Waals surface area contributed by atoms with Crippen molar-refractivity contribution in [1.29, 1.82) is 0 Å². The average molecular weight is 271 g/mol. The minimum absolute atomic E-state index is 0.626. The number of benzene rings is 1. The maximum atomic E-state index is 4.17. The molecule has 3 nitrogen and oxygen atoms in total. The zero-order valence-corrected chi connectivity index (χ0v) is 12.8. The summed E-state index contributed by atoms with van der Waals surface area (Å²) < 4.78 is 0. The van der Waals surface area contributed by atoms with Gasteiger partial charge < -0.3 is 10.2 Å². The van der Waals surface area contributed by atoms with Gasteiger partial charge in [-0.25, -0.2) is 0 Å². The van der Waals surface area contributed by atoms with E-state index in [4.69, 9.17) is 0 Å². The molecule has 0 aliphatic heterocycles. The summed E-state index contributed by atoms with van der Waals surface area (Å²) in [7, 11) is 2.18. The fourth-order valence-electron chi connectivity index (χ4n) is 2.28. The minimum atomic E-state index is 0.626. The topological polar surface area (TPSA) is 28.2 Å². The first kappa shape index (κ1) is 14.9. The van der Waals surface area contributed by atoms with Gasteiger partial charge in [-0.1, -0.05) is 18.2 Å². The fraction of sp³-hybridized carbons (Fsp3) is 0.471. The zero-order valence-electron chi connectivity index (χ0n) is 12.8. The highest BCUT2D eigenvalue weighted by Gasteiger charge is 2.03. The molecule has 3 heteroatoms. The molecule has 0 saturated carbocycles. The Morgan fingerprint density at radius 1 is 1.25 bits per heavy atom. The molecule has 20 heavy (non-hydrogen) atoms. The zero-order chi connectivity index (χ0) is 14.4. The van der Waals surface area contributed by atoms with Crippen LogP contribution in [0.5, 0.6) is 0 Å². The number of nitrogens with one attached hydrogen (secondary N) is 1. The minimum Gasteiger partial charge on any atom is -0.313 e. The van der Waals surface area contributed by atoms with Crippen LogP contribution in [0.4, 0.5) is 0 Å². The number of hydrogen-bond acceptors (Lipinski definition) is 3. The number of hydrogen-bond donors (Lipinski definition) is 1. The Hall–Kier alpha value is -1.45. The number of nitrogens with zero attached hydrogens (tertiary/aromatic N) is 2. The van der Waals surface area contributed by atoms with Crippen molar-refractivity contribution in [3.63, 3.8) is 0 Å². The molecule has 0 amide bonds. The van der Waals surface area contributed by atoms with Crippen molar-refractivity contribution in [2.75, 3.05) is 20.1 Å². The van der Waals surface area contributed by atoms with Crippen molar-refractivity contribution >= 4 is 10.8 Å². The van der Waals surface area contributed by atoms with Gasteiger partial charge in [-0.3, -0.25) is 4.98 Å². The lowest BCUT2D eigenvalue weighted by Gasteiger charge is -2.20. The van der Waals surface area contributed by atoms with Gasteiger partial charge >= 0.3 is 0 Å². The molecule has 2 aromatic rings. The molecule has 0 atom stereocenters. The number of pyridine rings is 1. The van der Waals surface area contributed by atoms with Gasteiger partial charge in [0.15, 0.2) is 0 Å². The molecular formula is C17H25N3. The second kappa shape index (κ2) is 7.36. The van der Waals surface area contributed by atoms with E-state index in [0.29, 0.717) is 6.04 Å². The lowest BCUT2D eigenvalue weighted by atomic mass is 10.1. The van der Waals surface area contributed by atoms with E-state index in [1.165, 1.54) is 22.8 Å². The predicted octanol–water partition coefficient (Wildman–Crippen LogP) is 3.05. The maximum absolute atomic E-state index is 4.17. The summed E-state index contributed by atoms with van der Waals surface area (Å²) in [5.41, 5.74) is 1.35. The van der Waals surface area contributed by atoms with E-state index in [1.807, 2.05) is 12.4 Å². The molecule has 0 aliphatic carbocycles. The molecule has 0 aliphatic rings. The van der Waals surface area contributed by atoms with Crippen molar-refractivity contribution < 1.29 is 0 Å². The van der Waals surface area contributed by atoms with Crippen LogP contribution < -0.4 is 5.32 Å². The summed E-state index contributed by atoms with van der Waals surface area (Å²) in [6.45, 7) is 7.59. The Kier molecular flexibility index (Phi) is 5.50. The van der Waals surface area contributed by atoms with E-state index < -0.39 is 0 Å². The highest BCUT2D eigenvalue weighted by atomic mass is 15.1. The van der Waals surface area contributed by atoms with Crippen molar-refractivity contribution in [1.82, 2.24) is 15.2 Å². The average Bonchev–Trinajstić information content (AvgIpc) is 2.46. The molecule has 2 rings (SSSR count). The highest BCUT2D eigenvalue weighted by molar-refractivity contribution is 5.84. The summed E-state index contributed by atoms with van der Waals surface area (Å²) in [5.74, 6) is 0. The van der Waals surface area contributed by atoms with Crippen molar-refractivity contribution in [2.45, 2.75) is 32.9 Å². The summed E-state index contributed by atoms with van der Waals surface area (Å²) >= 11 is 0. The second-order valence-electron chi connectivity index (χ2n) is 5.62. The van der Waals surface area contributed by atoms with E-state index in [0.717, 1.165) is 19.6 Å². The third-order valence-corrected chi connectivity index (χ3v) is 3.83. The van der Waals surface area contributed by atoms with Crippen LogP contribution in [0.25, 0.3) is 10.8 Å². The van der Waals surface area contributed by atoms with E-state index >= 15 is 0 Å². The normalized spacial score (nSPS) is 11.7. The van der Waals surface area contributed by atoms with Gasteiger partial charge in [-0.2, -0.15) is 0 Å². The van der Waals surface area contributed by atoms with Crippen LogP contribution in [0, 0.1) is 0 Å². The van der Waals surface area contributed by atoms with E-state index in [-0.39, 0.29) is 0 Å². The third-order valence-electron chi connectivity index (χ3n) is 3.83. The first-order valence-electron chi connectivity index (χ1n) is 7.41. The van der Waals surface area contributed by atoms with E-state index in [9.17, 15) is 0 Å². The molecule has 0 saturated heterocycles.